The second kappa shape index (κ2) is 4.45. The maximum Gasteiger partial charge on any atom is 0.240 e. The molecular formula is C10H11BrN2OS. The molecule has 1 atom stereocenters. The van der Waals surface area contributed by atoms with Gasteiger partial charge in [0.25, 0.3) is 0 Å². The summed E-state index contributed by atoms with van der Waals surface area (Å²) >= 11 is 5.14. The molecule has 2 aromatic rings. The predicted octanol–water partition coefficient (Wildman–Crippen LogP) is 3.95. The Morgan fingerprint density at radius 3 is 2.93 bits per heavy atom. The molecule has 5 heteroatoms. The first kappa shape index (κ1) is 10.8. The summed E-state index contributed by atoms with van der Waals surface area (Å²) in [7, 11) is 0. The van der Waals surface area contributed by atoms with Crippen LogP contribution in [0.1, 0.15) is 29.6 Å². The highest BCUT2D eigenvalue weighted by atomic mass is 79.9. The van der Waals surface area contributed by atoms with Crippen molar-refractivity contribution in [2.45, 2.75) is 25.1 Å². The Morgan fingerprint density at radius 1 is 1.53 bits per heavy atom. The lowest BCUT2D eigenvalue weighted by Gasteiger charge is -1.96. The van der Waals surface area contributed by atoms with E-state index in [2.05, 4.69) is 38.4 Å². The summed E-state index contributed by atoms with van der Waals surface area (Å²) in [4.78, 5) is 4.52. The van der Waals surface area contributed by atoms with E-state index in [4.69, 9.17) is 4.52 Å². The fourth-order valence-corrected chi connectivity index (χ4v) is 2.25. The van der Waals surface area contributed by atoms with Crippen LogP contribution in [0.15, 0.2) is 15.3 Å². The van der Waals surface area contributed by atoms with Gasteiger partial charge in [0.2, 0.25) is 11.7 Å². The normalized spacial score (nSPS) is 13.0. The van der Waals surface area contributed by atoms with Crippen LogP contribution in [0.5, 0.6) is 0 Å². The van der Waals surface area contributed by atoms with E-state index in [0.717, 1.165) is 12.0 Å². The summed E-state index contributed by atoms with van der Waals surface area (Å²) in [5, 5.41) is 8.10. The molecule has 80 valence electrons. The van der Waals surface area contributed by atoms with Crippen molar-refractivity contribution in [3.05, 3.63) is 22.2 Å². The van der Waals surface area contributed by atoms with E-state index in [1.165, 1.54) is 5.56 Å². The molecular weight excluding hydrogens is 276 g/mol. The van der Waals surface area contributed by atoms with Gasteiger partial charge in [0.1, 0.15) is 0 Å². The van der Waals surface area contributed by atoms with Crippen molar-refractivity contribution in [3.8, 4) is 11.4 Å². The standard InChI is InChI=1S/C10H11BrN2OS/c1-3-8(11)10-12-9(13-14-10)7-5-15-4-6(7)2/h4-5,8H,3H2,1-2H3. The lowest BCUT2D eigenvalue weighted by molar-refractivity contribution is 0.377. The topological polar surface area (TPSA) is 38.9 Å². The van der Waals surface area contributed by atoms with Crippen LogP contribution in [0.4, 0.5) is 0 Å². The molecule has 0 saturated heterocycles. The van der Waals surface area contributed by atoms with Crippen LogP contribution < -0.4 is 0 Å². The highest BCUT2D eigenvalue weighted by molar-refractivity contribution is 9.09. The number of nitrogens with zero attached hydrogens (tertiary/aromatic N) is 2. The Labute approximate surface area is 101 Å². The van der Waals surface area contributed by atoms with E-state index in [9.17, 15) is 0 Å². The number of rotatable bonds is 3. The minimum absolute atomic E-state index is 0.151. The zero-order valence-corrected chi connectivity index (χ0v) is 10.9. The number of aryl methyl sites for hydroxylation is 1. The number of thiophene rings is 1. The summed E-state index contributed by atoms with van der Waals surface area (Å²) in [6.07, 6.45) is 0.935. The third-order valence-corrected chi connectivity index (χ3v) is 4.07. The summed E-state index contributed by atoms with van der Waals surface area (Å²) in [5.41, 5.74) is 2.25. The molecule has 0 amide bonds. The summed E-state index contributed by atoms with van der Waals surface area (Å²) < 4.78 is 5.19. The average Bonchev–Trinajstić information content (AvgIpc) is 2.84. The van der Waals surface area contributed by atoms with Crippen molar-refractivity contribution in [1.29, 1.82) is 0 Å². The summed E-state index contributed by atoms with van der Waals surface area (Å²) in [6, 6.07) is 0. The number of alkyl halides is 1. The van der Waals surface area contributed by atoms with Gasteiger partial charge < -0.3 is 4.52 Å². The van der Waals surface area contributed by atoms with E-state index in [-0.39, 0.29) is 4.83 Å². The molecule has 0 spiro atoms. The quantitative estimate of drug-likeness (QED) is 0.802. The van der Waals surface area contributed by atoms with Crippen LogP contribution in [-0.4, -0.2) is 10.1 Å². The van der Waals surface area contributed by atoms with Crippen molar-refractivity contribution in [3.63, 3.8) is 0 Å². The van der Waals surface area contributed by atoms with Gasteiger partial charge in [0, 0.05) is 10.9 Å². The lowest BCUT2D eigenvalue weighted by Crippen LogP contribution is -1.87. The molecule has 2 heterocycles. The maximum absolute atomic E-state index is 5.19. The lowest BCUT2D eigenvalue weighted by atomic mass is 10.2. The van der Waals surface area contributed by atoms with Gasteiger partial charge in [-0.05, 0) is 24.3 Å². The van der Waals surface area contributed by atoms with E-state index >= 15 is 0 Å². The zero-order chi connectivity index (χ0) is 10.8. The van der Waals surface area contributed by atoms with Gasteiger partial charge in [-0.25, -0.2) is 0 Å². The molecule has 0 aliphatic rings. The van der Waals surface area contributed by atoms with Crippen LogP contribution in [0.3, 0.4) is 0 Å². The van der Waals surface area contributed by atoms with Crippen molar-refractivity contribution in [1.82, 2.24) is 10.1 Å². The summed E-state index contributed by atoms with van der Waals surface area (Å²) in [5.74, 6) is 1.33. The highest BCUT2D eigenvalue weighted by Gasteiger charge is 2.16. The number of halogens is 1. The van der Waals surface area contributed by atoms with Gasteiger partial charge in [-0.3, -0.25) is 0 Å². The van der Waals surface area contributed by atoms with Crippen LogP contribution in [0, 0.1) is 6.92 Å². The fourth-order valence-electron chi connectivity index (χ4n) is 1.24. The first-order chi connectivity index (χ1) is 7.22. The second-order valence-electron chi connectivity index (χ2n) is 3.30. The second-order valence-corrected chi connectivity index (χ2v) is 5.15. The molecule has 0 aromatic carbocycles. The van der Waals surface area contributed by atoms with Crippen LogP contribution in [-0.2, 0) is 0 Å². The molecule has 0 saturated carbocycles. The SMILES string of the molecule is CCC(Br)c1nc(-c2cscc2C)no1. The Kier molecular flexibility index (Phi) is 3.21. The van der Waals surface area contributed by atoms with Crippen molar-refractivity contribution >= 4 is 27.3 Å². The molecule has 2 rings (SSSR count). The third kappa shape index (κ3) is 2.13. The molecule has 15 heavy (non-hydrogen) atoms. The first-order valence-electron chi connectivity index (χ1n) is 4.73. The Balaban J connectivity index is 2.32. The van der Waals surface area contributed by atoms with Crippen LogP contribution in [0.2, 0.25) is 0 Å². The van der Waals surface area contributed by atoms with Crippen molar-refractivity contribution in [2.75, 3.05) is 0 Å². The van der Waals surface area contributed by atoms with Crippen molar-refractivity contribution in [2.24, 2.45) is 0 Å². The fraction of sp³-hybridized carbons (Fsp3) is 0.400. The summed E-state index contributed by atoms with van der Waals surface area (Å²) in [6.45, 7) is 4.12. The Hall–Kier alpha value is -0.680. The Bertz CT molecular complexity index is 452. The minimum atomic E-state index is 0.151. The highest BCUT2D eigenvalue weighted by Crippen LogP contribution is 2.28. The molecule has 0 aliphatic heterocycles. The smallest absolute Gasteiger partial charge is 0.240 e. The van der Waals surface area contributed by atoms with Crippen LogP contribution in [0.25, 0.3) is 11.4 Å². The monoisotopic (exact) mass is 286 g/mol. The van der Waals surface area contributed by atoms with Crippen LogP contribution >= 0.6 is 27.3 Å². The van der Waals surface area contributed by atoms with E-state index in [1.54, 1.807) is 11.3 Å². The van der Waals surface area contributed by atoms with Gasteiger partial charge in [0.15, 0.2) is 0 Å². The average molecular weight is 287 g/mol. The minimum Gasteiger partial charge on any atom is -0.338 e. The maximum atomic E-state index is 5.19. The van der Waals surface area contributed by atoms with Gasteiger partial charge in [-0.15, -0.1) is 0 Å². The number of hydrogen-bond donors (Lipinski definition) is 0. The number of hydrogen-bond acceptors (Lipinski definition) is 4. The van der Waals surface area contributed by atoms with Gasteiger partial charge in [-0.2, -0.15) is 16.3 Å². The molecule has 0 N–H and O–H groups in total. The van der Waals surface area contributed by atoms with E-state index in [1.807, 2.05) is 12.3 Å². The molecule has 2 aromatic heterocycles. The van der Waals surface area contributed by atoms with Crippen molar-refractivity contribution < 1.29 is 4.52 Å². The predicted molar refractivity (Wildman–Crippen MR) is 64.3 cm³/mol. The van der Waals surface area contributed by atoms with Gasteiger partial charge in [0.05, 0.1) is 4.83 Å². The molecule has 0 fully saturated rings. The first-order valence-corrected chi connectivity index (χ1v) is 6.59. The molecule has 3 nitrogen and oxygen atoms in total. The largest absolute Gasteiger partial charge is 0.338 e. The Morgan fingerprint density at radius 2 is 2.33 bits per heavy atom. The molecule has 0 aliphatic carbocycles. The zero-order valence-electron chi connectivity index (χ0n) is 8.53. The van der Waals surface area contributed by atoms with Gasteiger partial charge in [-0.1, -0.05) is 28.0 Å². The van der Waals surface area contributed by atoms with Gasteiger partial charge >= 0.3 is 0 Å². The third-order valence-electron chi connectivity index (χ3n) is 2.16. The van der Waals surface area contributed by atoms with E-state index < -0.39 is 0 Å². The van der Waals surface area contributed by atoms with E-state index in [0.29, 0.717) is 11.7 Å². The molecule has 0 bridgehead atoms. The number of aromatic nitrogens is 2. The molecule has 0 radical (unpaired) electrons. The molecule has 1 unspecified atom stereocenters.